The van der Waals surface area contributed by atoms with Crippen LogP contribution < -0.4 is 16.2 Å². The van der Waals surface area contributed by atoms with Gasteiger partial charge in [-0.3, -0.25) is 0 Å². The highest BCUT2D eigenvalue weighted by atomic mass is 16.5. The molecule has 0 aliphatic carbocycles. The van der Waals surface area contributed by atoms with E-state index in [4.69, 9.17) is 20.4 Å². The highest BCUT2D eigenvalue weighted by Crippen LogP contribution is 2.06. The average Bonchev–Trinajstić information content (AvgIpc) is 2.55. The van der Waals surface area contributed by atoms with Gasteiger partial charge >= 0.3 is 5.97 Å². The molecule has 0 spiro atoms. The van der Waals surface area contributed by atoms with Gasteiger partial charge in [-0.1, -0.05) is 26.2 Å². The van der Waals surface area contributed by atoms with Crippen molar-refractivity contribution in [3.05, 3.63) is 29.8 Å². The Kier molecular flexibility index (Phi) is 13.1. The Morgan fingerprint density at radius 1 is 1.20 bits per heavy atom. The molecule has 0 aromatic heterocycles. The molecule has 1 unspecified atom stereocenters. The summed E-state index contributed by atoms with van der Waals surface area (Å²) in [5.74, 6) is -1.36. The number of carboxylic acid groups (broad SMARTS) is 1. The van der Waals surface area contributed by atoms with Crippen molar-refractivity contribution in [2.75, 3.05) is 18.9 Å². The number of carbonyl (C=O) groups is 2. The van der Waals surface area contributed by atoms with E-state index in [9.17, 15) is 4.79 Å². The molecule has 0 aliphatic rings. The van der Waals surface area contributed by atoms with Crippen LogP contribution in [-0.4, -0.2) is 31.1 Å². The molecule has 0 amide bonds. The Labute approximate surface area is 150 Å². The number of carboxylic acids is 1. The molecule has 1 aromatic carbocycles. The standard InChI is InChI=1S/C17H28N2O2.C2H4O2/c1-3-4-5-6-7-14(2)19-12-13-21-17(20)15-8-10-16(18)11-9-15;1-2(3)4/h8-11,14,19H,3-7,12-13,18H2,1-2H3;1H3,(H,3,4). The summed E-state index contributed by atoms with van der Waals surface area (Å²) in [6.07, 6.45) is 6.44. The number of esters is 1. The summed E-state index contributed by atoms with van der Waals surface area (Å²) in [6, 6.07) is 7.40. The fraction of sp³-hybridized carbons (Fsp3) is 0.579. The van der Waals surface area contributed by atoms with Gasteiger partial charge in [-0.15, -0.1) is 0 Å². The van der Waals surface area contributed by atoms with Crippen LogP contribution in [0.25, 0.3) is 0 Å². The predicted octanol–water partition coefficient (Wildman–Crippen LogP) is 1.10. The third-order valence-electron chi connectivity index (χ3n) is 3.58. The van der Waals surface area contributed by atoms with Gasteiger partial charge in [0.15, 0.2) is 0 Å². The molecule has 25 heavy (non-hydrogen) atoms. The van der Waals surface area contributed by atoms with Gasteiger partial charge in [0, 0.05) is 11.7 Å². The van der Waals surface area contributed by atoms with Gasteiger partial charge in [0.25, 0.3) is 0 Å². The molecule has 0 fully saturated rings. The number of hydrogen-bond acceptors (Lipinski definition) is 5. The Morgan fingerprint density at radius 2 is 1.80 bits per heavy atom. The summed E-state index contributed by atoms with van der Waals surface area (Å²) in [6.45, 7) is 6.69. The summed E-state index contributed by atoms with van der Waals surface area (Å²) in [5.41, 5.74) is 6.79. The first kappa shape index (κ1) is 22.9. The number of rotatable bonds is 10. The van der Waals surface area contributed by atoms with Crippen molar-refractivity contribution in [2.45, 2.75) is 58.9 Å². The van der Waals surface area contributed by atoms with E-state index in [1.807, 2.05) is 0 Å². The third-order valence-corrected chi connectivity index (χ3v) is 3.58. The number of hydrogen-bond donors (Lipinski definition) is 2. The van der Waals surface area contributed by atoms with Crippen molar-refractivity contribution >= 4 is 17.6 Å². The van der Waals surface area contributed by atoms with Gasteiger partial charge in [-0.05, 0) is 51.0 Å². The molecule has 0 bridgehead atoms. The lowest BCUT2D eigenvalue weighted by atomic mass is 10.1. The first-order chi connectivity index (χ1) is 11.9. The maximum absolute atomic E-state index is 11.8. The Morgan fingerprint density at radius 3 is 2.36 bits per heavy atom. The summed E-state index contributed by atoms with van der Waals surface area (Å²) in [7, 11) is 0. The second kappa shape index (κ2) is 14.3. The van der Waals surface area contributed by atoms with E-state index in [1.165, 1.54) is 32.1 Å². The minimum absolute atomic E-state index is 0.279. The van der Waals surface area contributed by atoms with Crippen LogP contribution in [0.4, 0.5) is 5.69 Å². The maximum Gasteiger partial charge on any atom is 0.338 e. The smallest absolute Gasteiger partial charge is 0.338 e. The Bertz CT molecular complexity index is 485. The molecule has 0 aliphatic heterocycles. The molecule has 4 N–H and O–H groups in total. The van der Waals surface area contributed by atoms with Crippen molar-refractivity contribution in [3.8, 4) is 0 Å². The summed E-state index contributed by atoms with van der Waals surface area (Å²) < 4.78 is 5.25. The second-order valence-electron chi connectivity index (χ2n) is 6.10. The van der Waals surface area contributed by atoms with E-state index in [1.54, 1.807) is 24.3 Å². The zero-order valence-electron chi connectivity index (χ0n) is 15.6. The highest BCUT2D eigenvalue weighted by Gasteiger charge is 2.08. The summed E-state index contributed by atoms with van der Waals surface area (Å²) in [5, 5.41) is 11.1. The van der Waals surface area contributed by atoms with Crippen LogP contribution in [-0.2, 0) is 9.53 Å². The number of aliphatic carboxylic acids is 1. The molecule has 0 saturated carbocycles. The minimum atomic E-state index is -1.08. The number of nitrogen functional groups attached to an aromatic ring is 1. The topological polar surface area (TPSA) is 109 Å². The molecule has 0 radical (unpaired) electrons. The van der Waals surface area contributed by atoms with E-state index in [0.29, 0.717) is 23.9 Å². The monoisotopic (exact) mass is 352 g/mol. The predicted molar refractivity (Wildman–Crippen MR) is 96.8 cm³/mol. The van der Waals surface area contributed by atoms with Crippen molar-refractivity contribution in [3.63, 3.8) is 0 Å². The Hall–Kier alpha value is -2.08. The van der Waals surface area contributed by atoms with Gasteiger partial charge in [0.2, 0.25) is 0 Å². The fourth-order valence-corrected chi connectivity index (χ4v) is 2.22. The van der Waals surface area contributed by atoms with Crippen molar-refractivity contribution in [1.82, 2.24) is 0 Å². The van der Waals surface area contributed by atoms with Crippen LogP contribution in [0.15, 0.2) is 24.3 Å². The molecule has 1 atom stereocenters. The zero-order chi connectivity index (χ0) is 19.1. The lowest BCUT2D eigenvalue weighted by Crippen LogP contribution is -2.90. The normalized spacial score (nSPS) is 11.2. The number of anilines is 1. The largest absolute Gasteiger partial charge is 0.550 e. The molecule has 0 saturated heterocycles. The highest BCUT2D eigenvalue weighted by molar-refractivity contribution is 5.89. The van der Waals surface area contributed by atoms with E-state index < -0.39 is 5.97 Å². The zero-order valence-corrected chi connectivity index (χ0v) is 15.6. The molecule has 142 valence electrons. The van der Waals surface area contributed by atoms with Gasteiger partial charge in [-0.25, -0.2) is 4.79 Å². The number of benzene rings is 1. The van der Waals surface area contributed by atoms with Crippen LogP contribution in [0, 0.1) is 0 Å². The maximum atomic E-state index is 11.8. The fourth-order valence-electron chi connectivity index (χ4n) is 2.22. The van der Waals surface area contributed by atoms with Crippen LogP contribution in [0.1, 0.15) is 63.2 Å². The Balaban J connectivity index is 0.00000129. The summed E-state index contributed by atoms with van der Waals surface area (Å²) >= 11 is 0. The van der Waals surface area contributed by atoms with Crippen LogP contribution in [0.5, 0.6) is 0 Å². The summed E-state index contributed by atoms with van der Waals surface area (Å²) in [4.78, 5) is 20.7. The SMILES string of the molecule is CC(=O)[O-].CCCCCCC(C)[NH2+]CCOC(=O)c1ccc(N)cc1. The first-order valence-corrected chi connectivity index (χ1v) is 8.90. The van der Waals surface area contributed by atoms with Gasteiger partial charge in [0.05, 0.1) is 11.6 Å². The van der Waals surface area contributed by atoms with Gasteiger partial charge in [-0.2, -0.15) is 0 Å². The minimum Gasteiger partial charge on any atom is -0.550 e. The van der Waals surface area contributed by atoms with E-state index >= 15 is 0 Å². The van der Waals surface area contributed by atoms with Gasteiger partial charge in [0.1, 0.15) is 13.2 Å². The number of quaternary nitrogens is 1. The molecule has 1 aromatic rings. The molecule has 6 heteroatoms. The average molecular weight is 352 g/mol. The lowest BCUT2D eigenvalue weighted by molar-refractivity contribution is -0.687. The molecular formula is C19H32N2O4. The second-order valence-corrected chi connectivity index (χ2v) is 6.10. The molecular weight excluding hydrogens is 320 g/mol. The van der Waals surface area contributed by atoms with E-state index in [-0.39, 0.29) is 5.97 Å². The number of ether oxygens (including phenoxy) is 1. The van der Waals surface area contributed by atoms with Crippen LogP contribution >= 0.6 is 0 Å². The first-order valence-electron chi connectivity index (χ1n) is 8.90. The number of unbranched alkanes of at least 4 members (excludes halogenated alkanes) is 3. The number of carbonyl (C=O) groups excluding carboxylic acids is 2. The van der Waals surface area contributed by atoms with Crippen molar-refractivity contribution < 1.29 is 24.7 Å². The lowest BCUT2D eigenvalue weighted by Gasteiger charge is -2.11. The molecule has 6 nitrogen and oxygen atoms in total. The third kappa shape index (κ3) is 14.0. The quantitative estimate of drug-likeness (QED) is 0.372. The molecule has 1 rings (SSSR count). The molecule has 0 heterocycles. The van der Waals surface area contributed by atoms with Crippen LogP contribution in [0.2, 0.25) is 0 Å². The number of nitrogens with two attached hydrogens (primary N) is 2. The van der Waals surface area contributed by atoms with Gasteiger partial charge < -0.3 is 25.7 Å². The van der Waals surface area contributed by atoms with Crippen LogP contribution in [0.3, 0.4) is 0 Å². The van der Waals surface area contributed by atoms with E-state index in [0.717, 1.165) is 13.5 Å². The van der Waals surface area contributed by atoms with Crippen molar-refractivity contribution in [2.24, 2.45) is 0 Å². The van der Waals surface area contributed by atoms with Crippen molar-refractivity contribution in [1.29, 1.82) is 0 Å². The van der Waals surface area contributed by atoms with E-state index in [2.05, 4.69) is 19.2 Å².